The van der Waals surface area contributed by atoms with E-state index in [1.54, 1.807) is 0 Å². The Morgan fingerprint density at radius 3 is 3.00 bits per heavy atom. The van der Waals surface area contributed by atoms with Crippen molar-refractivity contribution >= 4 is 28.4 Å². The van der Waals surface area contributed by atoms with E-state index in [0.717, 1.165) is 33.7 Å². The van der Waals surface area contributed by atoms with Crippen LogP contribution in [0, 0.1) is 0 Å². The molecule has 0 spiro atoms. The average molecular weight is 231 g/mol. The topological polar surface area (TPSA) is 22.0 Å². The molecule has 0 aliphatic carbocycles. The van der Waals surface area contributed by atoms with Crippen molar-refractivity contribution < 1.29 is 4.79 Å². The van der Waals surface area contributed by atoms with E-state index in [1.807, 2.05) is 30.9 Å². The van der Waals surface area contributed by atoms with E-state index in [0.29, 0.717) is 12.2 Å². The lowest BCUT2D eigenvalue weighted by Crippen LogP contribution is -1.97. The van der Waals surface area contributed by atoms with Crippen LogP contribution in [-0.2, 0) is 7.05 Å². The summed E-state index contributed by atoms with van der Waals surface area (Å²) in [4.78, 5) is 12.1. The molecule has 0 radical (unpaired) electrons. The molecule has 0 fully saturated rings. The maximum absolute atomic E-state index is 12.1. The molecule has 0 bridgehead atoms. The molecule has 0 saturated heterocycles. The second-order valence-corrected chi connectivity index (χ2v) is 5.22. The van der Waals surface area contributed by atoms with Gasteiger partial charge in [0.15, 0.2) is 5.78 Å². The summed E-state index contributed by atoms with van der Waals surface area (Å²) in [6.45, 7) is 0. The van der Waals surface area contributed by atoms with Crippen LogP contribution in [0.15, 0.2) is 29.3 Å². The molecule has 1 aliphatic rings. The molecule has 0 atom stereocenters. The number of aromatic nitrogens is 1. The summed E-state index contributed by atoms with van der Waals surface area (Å²) in [5.41, 5.74) is 2.11. The molecule has 1 aliphatic heterocycles. The third kappa shape index (κ3) is 1.31. The minimum Gasteiger partial charge on any atom is -0.338 e. The predicted molar refractivity (Wildman–Crippen MR) is 67.2 cm³/mol. The minimum atomic E-state index is 0.303. The number of aryl methyl sites for hydroxylation is 1. The molecule has 2 nitrogen and oxygen atoms in total. The number of para-hydroxylation sites is 1. The van der Waals surface area contributed by atoms with Crippen LogP contribution in [0.4, 0.5) is 0 Å². The predicted octanol–water partition coefficient (Wildman–Crippen LogP) is 3.25. The lowest BCUT2D eigenvalue weighted by atomic mass is 10.1. The Labute approximate surface area is 98.6 Å². The van der Waals surface area contributed by atoms with Crippen LogP contribution in [-0.4, -0.2) is 16.1 Å². The van der Waals surface area contributed by atoms with Crippen LogP contribution in [0.5, 0.6) is 0 Å². The highest BCUT2D eigenvalue weighted by atomic mass is 32.2. The second kappa shape index (κ2) is 3.67. The maximum atomic E-state index is 12.1. The van der Waals surface area contributed by atoms with Crippen molar-refractivity contribution in [1.29, 1.82) is 0 Å². The number of hydrogen-bond acceptors (Lipinski definition) is 2. The Bertz CT molecular complexity index is 571. The molecule has 0 saturated carbocycles. The number of rotatable bonds is 0. The number of Topliss-reactive ketones (excluding diaryl/α,β-unsaturated/α-hetero) is 1. The summed E-state index contributed by atoms with van der Waals surface area (Å²) in [7, 11) is 2.05. The summed E-state index contributed by atoms with van der Waals surface area (Å²) in [5.74, 6) is 1.35. The zero-order valence-corrected chi connectivity index (χ0v) is 10.0. The van der Waals surface area contributed by atoms with E-state index < -0.39 is 0 Å². The van der Waals surface area contributed by atoms with Gasteiger partial charge >= 0.3 is 0 Å². The number of fused-ring (bicyclic) bond motifs is 3. The highest BCUT2D eigenvalue weighted by molar-refractivity contribution is 7.99. The third-order valence-electron chi connectivity index (χ3n) is 3.12. The first-order valence-corrected chi connectivity index (χ1v) is 6.51. The fourth-order valence-electron chi connectivity index (χ4n) is 2.33. The minimum absolute atomic E-state index is 0.303. The molecule has 0 unspecified atom stereocenters. The van der Waals surface area contributed by atoms with Crippen LogP contribution in [0.3, 0.4) is 0 Å². The average Bonchev–Trinajstić information content (AvgIpc) is 2.46. The van der Waals surface area contributed by atoms with Gasteiger partial charge in [-0.05, 0) is 18.2 Å². The van der Waals surface area contributed by atoms with Gasteiger partial charge in [-0.25, -0.2) is 0 Å². The monoisotopic (exact) mass is 231 g/mol. The van der Waals surface area contributed by atoms with E-state index in [1.165, 1.54) is 0 Å². The van der Waals surface area contributed by atoms with Gasteiger partial charge in [0, 0.05) is 24.4 Å². The fourth-order valence-corrected chi connectivity index (χ4v) is 3.48. The Balaban J connectivity index is 2.39. The maximum Gasteiger partial charge on any atom is 0.166 e. The summed E-state index contributed by atoms with van der Waals surface area (Å²) < 4.78 is 2.15. The van der Waals surface area contributed by atoms with E-state index >= 15 is 0 Å². The number of thioether (sulfide) groups is 1. The van der Waals surface area contributed by atoms with Gasteiger partial charge in [-0.15, -0.1) is 11.8 Å². The van der Waals surface area contributed by atoms with Crippen LogP contribution >= 0.6 is 11.8 Å². The summed E-state index contributed by atoms with van der Waals surface area (Å²) in [6, 6.07) is 8.16. The van der Waals surface area contributed by atoms with Crippen molar-refractivity contribution in [3.8, 4) is 0 Å². The number of benzene rings is 1. The lowest BCUT2D eigenvalue weighted by molar-refractivity contribution is 0.0981. The fraction of sp³-hybridized carbons (Fsp3) is 0.308. The highest BCUT2D eigenvalue weighted by Crippen LogP contribution is 2.36. The lowest BCUT2D eigenvalue weighted by Gasteiger charge is -2.01. The number of ketones is 1. The van der Waals surface area contributed by atoms with Crippen molar-refractivity contribution in [3.05, 3.63) is 29.8 Å². The molecule has 2 heterocycles. The Morgan fingerprint density at radius 1 is 1.31 bits per heavy atom. The normalized spacial score (nSPS) is 16.2. The summed E-state index contributed by atoms with van der Waals surface area (Å²) in [5, 5.41) is 2.25. The summed E-state index contributed by atoms with van der Waals surface area (Å²) in [6.07, 6.45) is 1.68. The molecule has 3 rings (SSSR count). The van der Waals surface area contributed by atoms with Gasteiger partial charge in [-0.1, -0.05) is 18.2 Å². The number of carbonyl (C=O) groups excluding carboxylic acids is 1. The molecule has 3 heteroatoms. The van der Waals surface area contributed by atoms with E-state index in [4.69, 9.17) is 0 Å². The smallest absolute Gasteiger partial charge is 0.166 e. The highest BCUT2D eigenvalue weighted by Gasteiger charge is 2.23. The molecule has 1 aromatic heterocycles. The van der Waals surface area contributed by atoms with Gasteiger partial charge in [0.25, 0.3) is 0 Å². The first-order valence-electron chi connectivity index (χ1n) is 5.52. The van der Waals surface area contributed by atoms with Crippen LogP contribution < -0.4 is 0 Å². The number of carbonyl (C=O) groups is 1. The van der Waals surface area contributed by atoms with Crippen molar-refractivity contribution in [3.63, 3.8) is 0 Å². The third-order valence-corrected chi connectivity index (χ3v) is 4.36. The van der Waals surface area contributed by atoms with Crippen molar-refractivity contribution in [1.82, 2.24) is 4.57 Å². The standard InChI is InChI=1S/C13H13NOS/c1-14-10-6-3-2-5-9(10)12-11(15)7-4-8-16-13(12)14/h2-3,5-6H,4,7-8H2,1H3. The molecule has 2 aromatic rings. The Morgan fingerprint density at radius 2 is 2.12 bits per heavy atom. The van der Waals surface area contributed by atoms with Crippen molar-refractivity contribution in [2.75, 3.05) is 5.75 Å². The van der Waals surface area contributed by atoms with E-state index in [-0.39, 0.29) is 0 Å². The quantitative estimate of drug-likeness (QED) is 0.694. The largest absolute Gasteiger partial charge is 0.338 e. The van der Waals surface area contributed by atoms with Gasteiger partial charge in [-0.2, -0.15) is 0 Å². The van der Waals surface area contributed by atoms with Gasteiger partial charge in [0.1, 0.15) is 0 Å². The van der Waals surface area contributed by atoms with Crippen LogP contribution in [0.25, 0.3) is 10.9 Å². The first kappa shape index (κ1) is 9.97. The van der Waals surface area contributed by atoms with E-state index in [2.05, 4.69) is 16.7 Å². The second-order valence-electron chi connectivity index (χ2n) is 4.13. The van der Waals surface area contributed by atoms with Gasteiger partial charge in [0.05, 0.1) is 10.6 Å². The first-order chi connectivity index (χ1) is 7.79. The molecular weight excluding hydrogens is 218 g/mol. The van der Waals surface area contributed by atoms with E-state index in [9.17, 15) is 4.79 Å². The molecule has 1 aromatic carbocycles. The molecule has 0 N–H and O–H groups in total. The Hall–Kier alpha value is -1.22. The zero-order valence-electron chi connectivity index (χ0n) is 9.19. The van der Waals surface area contributed by atoms with Crippen LogP contribution in [0.1, 0.15) is 23.2 Å². The zero-order chi connectivity index (χ0) is 11.1. The molecular formula is C13H13NOS. The van der Waals surface area contributed by atoms with Crippen molar-refractivity contribution in [2.45, 2.75) is 17.9 Å². The molecule has 0 amide bonds. The van der Waals surface area contributed by atoms with Gasteiger partial charge in [-0.3, -0.25) is 4.79 Å². The molecule has 16 heavy (non-hydrogen) atoms. The Kier molecular flexibility index (Phi) is 2.28. The summed E-state index contributed by atoms with van der Waals surface area (Å²) >= 11 is 1.81. The van der Waals surface area contributed by atoms with Crippen molar-refractivity contribution in [2.24, 2.45) is 7.05 Å². The van der Waals surface area contributed by atoms with Gasteiger partial charge in [0.2, 0.25) is 0 Å². The van der Waals surface area contributed by atoms with Gasteiger partial charge < -0.3 is 4.57 Å². The SMILES string of the molecule is Cn1c2c(c3ccccc31)C(=O)CCCS2. The number of nitrogens with zero attached hydrogens (tertiary/aromatic N) is 1. The van der Waals surface area contributed by atoms with Crippen LogP contribution in [0.2, 0.25) is 0 Å². The number of hydrogen-bond donors (Lipinski definition) is 0. The molecule has 82 valence electrons.